The Labute approximate surface area is 129 Å². The Balaban J connectivity index is 0.00000289. The van der Waals surface area contributed by atoms with Gasteiger partial charge >= 0.3 is 35.6 Å². The van der Waals surface area contributed by atoms with Crippen molar-refractivity contribution in [2.24, 2.45) is 16.3 Å². The summed E-state index contributed by atoms with van der Waals surface area (Å²) in [7, 11) is 0. The first kappa shape index (κ1) is 17.4. The SMILES string of the molecule is CC/C=C(/C)C1(C(C)C)C(=O)NC(=O)N=C1[O-].[Na+]. The first-order valence-corrected chi connectivity index (χ1v) is 5.66. The van der Waals surface area contributed by atoms with E-state index in [2.05, 4.69) is 10.3 Å². The number of aliphatic imine (C=N–C) groups is 1. The molecular weight excluding hydrogens is 243 g/mol. The molecule has 0 spiro atoms. The third-order valence-electron chi connectivity index (χ3n) is 3.12. The Kier molecular flexibility index (Phi) is 6.26. The van der Waals surface area contributed by atoms with E-state index in [1.165, 1.54) is 0 Å². The van der Waals surface area contributed by atoms with Gasteiger partial charge in [0.15, 0.2) is 0 Å². The van der Waals surface area contributed by atoms with Gasteiger partial charge in [-0.05, 0) is 25.2 Å². The van der Waals surface area contributed by atoms with Crippen LogP contribution in [0.1, 0.15) is 34.1 Å². The molecule has 0 bridgehead atoms. The number of nitrogens with zero attached hydrogens (tertiary/aromatic N) is 1. The molecule has 94 valence electrons. The van der Waals surface area contributed by atoms with Crippen LogP contribution in [0.25, 0.3) is 0 Å². The Morgan fingerprint density at radius 1 is 1.50 bits per heavy atom. The standard InChI is InChI=1S/C12H18N2O3.Na/c1-5-6-8(4)12(7(2)3)9(15)13-11(17)14-10(12)16;/h6-7H,5H2,1-4H3,(H2,13,14,15,16,17);/q;+1/p-1/b8-6-;. The van der Waals surface area contributed by atoms with Crippen molar-refractivity contribution < 1.29 is 44.3 Å². The maximum absolute atomic E-state index is 12.0. The molecule has 1 heterocycles. The fourth-order valence-corrected chi connectivity index (χ4v) is 2.28. The molecule has 18 heavy (non-hydrogen) atoms. The zero-order chi connectivity index (χ0) is 13.2. The Morgan fingerprint density at radius 3 is 2.44 bits per heavy atom. The number of hydrogen-bond donors (Lipinski definition) is 1. The van der Waals surface area contributed by atoms with E-state index in [1.54, 1.807) is 20.8 Å². The summed E-state index contributed by atoms with van der Waals surface area (Å²) in [6, 6.07) is -0.874. The zero-order valence-corrected chi connectivity index (χ0v) is 13.5. The number of rotatable bonds is 3. The van der Waals surface area contributed by atoms with E-state index in [1.807, 2.05) is 13.0 Å². The minimum Gasteiger partial charge on any atom is -0.861 e. The predicted molar refractivity (Wildman–Crippen MR) is 62.3 cm³/mol. The van der Waals surface area contributed by atoms with E-state index in [0.29, 0.717) is 5.57 Å². The molecule has 1 unspecified atom stereocenters. The predicted octanol–water partition coefficient (Wildman–Crippen LogP) is -2.00. The fourth-order valence-electron chi connectivity index (χ4n) is 2.28. The van der Waals surface area contributed by atoms with Crippen molar-refractivity contribution in [3.63, 3.8) is 0 Å². The number of imide groups is 1. The molecule has 1 N–H and O–H groups in total. The van der Waals surface area contributed by atoms with Crippen LogP contribution < -0.4 is 40.0 Å². The van der Waals surface area contributed by atoms with Crippen molar-refractivity contribution in [1.29, 1.82) is 0 Å². The largest absolute Gasteiger partial charge is 1.00 e. The van der Waals surface area contributed by atoms with Gasteiger partial charge in [-0.1, -0.05) is 32.4 Å². The second-order valence-corrected chi connectivity index (χ2v) is 4.43. The van der Waals surface area contributed by atoms with Crippen molar-refractivity contribution in [1.82, 2.24) is 5.32 Å². The quantitative estimate of drug-likeness (QED) is 0.470. The molecule has 0 saturated carbocycles. The molecule has 1 atom stereocenters. The van der Waals surface area contributed by atoms with Crippen LogP contribution in [0.4, 0.5) is 4.79 Å². The van der Waals surface area contributed by atoms with Gasteiger partial charge in [-0.15, -0.1) is 0 Å². The minimum absolute atomic E-state index is 0. The van der Waals surface area contributed by atoms with Crippen LogP contribution in [0.5, 0.6) is 0 Å². The van der Waals surface area contributed by atoms with Gasteiger partial charge in [-0.2, -0.15) is 0 Å². The molecule has 6 heteroatoms. The van der Waals surface area contributed by atoms with Crippen molar-refractivity contribution in [3.8, 4) is 0 Å². The summed E-state index contributed by atoms with van der Waals surface area (Å²) in [5.74, 6) is -1.49. The van der Waals surface area contributed by atoms with E-state index in [9.17, 15) is 14.7 Å². The molecule has 0 aromatic carbocycles. The van der Waals surface area contributed by atoms with E-state index >= 15 is 0 Å². The summed E-state index contributed by atoms with van der Waals surface area (Å²) >= 11 is 0. The first-order valence-electron chi connectivity index (χ1n) is 5.66. The molecule has 0 aromatic rings. The molecule has 0 saturated heterocycles. The van der Waals surface area contributed by atoms with Gasteiger partial charge in [-0.25, -0.2) is 9.79 Å². The van der Waals surface area contributed by atoms with Crippen molar-refractivity contribution in [2.75, 3.05) is 0 Å². The van der Waals surface area contributed by atoms with Gasteiger partial charge in [0.25, 0.3) is 0 Å². The molecule has 1 rings (SSSR count). The molecule has 1 aliphatic heterocycles. The third-order valence-corrected chi connectivity index (χ3v) is 3.12. The zero-order valence-electron chi connectivity index (χ0n) is 11.5. The van der Waals surface area contributed by atoms with Gasteiger partial charge < -0.3 is 5.11 Å². The normalized spacial score (nSPS) is 24.5. The smallest absolute Gasteiger partial charge is 0.861 e. The number of amides is 3. The molecule has 5 nitrogen and oxygen atoms in total. The number of urea groups is 1. The third kappa shape index (κ3) is 2.68. The number of carbonyl (C=O) groups is 2. The molecule has 1 aliphatic rings. The van der Waals surface area contributed by atoms with Crippen molar-refractivity contribution in [3.05, 3.63) is 11.6 Å². The number of allylic oxidation sites excluding steroid dienone is 1. The summed E-state index contributed by atoms with van der Waals surface area (Å²) in [5, 5.41) is 14.1. The van der Waals surface area contributed by atoms with Crippen LogP contribution in [0, 0.1) is 11.3 Å². The van der Waals surface area contributed by atoms with Gasteiger partial charge in [0.1, 0.15) is 5.41 Å². The maximum atomic E-state index is 12.0. The van der Waals surface area contributed by atoms with E-state index < -0.39 is 23.3 Å². The van der Waals surface area contributed by atoms with Crippen LogP contribution in [-0.4, -0.2) is 17.8 Å². The topological polar surface area (TPSA) is 81.6 Å². The summed E-state index contributed by atoms with van der Waals surface area (Å²) in [5.41, 5.74) is -0.682. The minimum atomic E-state index is -1.33. The molecular formula is C12H17N2NaO3. The van der Waals surface area contributed by atoms with Gasteiger partial charge in [0.05, 0.1) is 0 Å². The summed E-state index contributed by atoms with van der Waals surface area (Å²) < 4.78 is 0. The molecule has 0 aliphatic carbocycles. The summed E-state index contributed by atoms with van der Waals surface area (Å²) in [4.78, 5) is 26.4. The Morgan fingerprint density at radius 2 is 2.06 bits per heavy atom. The average Bonchev–Trinajstić information content (AvgIpc) is 2.16. The van der Waals surface area contributed by atoms with E-state index in [0.717, 1.165) is 6.42 Å². The van der Waals surface area contributed by atoms with Gasteiger partial charge in [0, 0.05) is 0 Å². The van der Waals surface area contributed by atoms with E-state index in [-0.39, 0.29) is 35.5 Å². The molecule has 3 amide bonds. The van der Waals surface area contributed by atoms with Crippen molar-refractivity contribution in [2.45, 2.75) is 34.1 Å². The van der Waals surface area contributed by atoms with Crippen LogP contribution >= 0.6 is 0 Å². The number of nitrogens with one attached hydrogen (secondary N) is 1. The van der Waals surface area contributed by atoms with Crippen LogP contribution in [0.3, 0.4) is 0 Å². The van der Waals surface area contributed by atoms with Crippen LogP contribution in [0.2, 0.25) is 0 Å². The number of hydrogen-bond acceptors (Lipinski definition) is 3. The number of carbonyl (C=O) groups excluding carboxylic acids is 2. The van der Waals surface area contributed by atoms with Crippen LogP contribution in [-0.2, 0) is 4.79 Å². The van der Waals surface area contributed by atoms with Gasteiger partial charge in [0.2, 0.25) is 5.91 Å². The molecule has 0 aromatic heterocycles. The average molecular weight is 260 g/mol. The molecule has 0 radical (unpaired) electrons. The first-order chi connectivity index (χ1) is 7.87. The Hall–Kier alpha value is -0.650. The van der Waals surface area contributed by atoms with E-state index in [4.69, 9.17) is 0 Å². The second kappa shape index (κ2) is 6.50. The van der Waals surface area contributed by atoms with Crippen molar-refractivity contribution >= 4 is 17.8 Å². The monoisotopic (exact) mass is 260 g/mol. The maximum Gasteiger partial charge on any atom is 1.00 e. The summed E-state index contributed by atoms with van der Waals surface area (Å²) in [6.07, 6.45) is 2.54. The fraction of sp³-hybridized carbons (Fsp3) is 0.583. The van der Waals surface area contributed by atoms with Gasteiger partial charge in [-0.3, -0.25) is 10.1 Å². The van der Waals surface area contributed by atoms with Crippen LogP contribution in [0.15, 0.2) is 16.6 Å². The summed E-state index contributed by atoms with van der Waals surface area (Å²) in [6.45, 7) is 7.20. The second-order valence-electron chi connectivity index (χ2n) is 4.43. The molecule has 0 fully saturated rings. The Bertz CT molecular complexity index is 416.